The van der Waals surface area contributed by atoms with Crippen molar-refractivity contribution in [1.29, 1.82) is 0 Å². The lowest BCUT2D eigenvalue weighted by Crippen LogP contribution is -2.46. The van der Waals surface area contributed by atoms with Crippen LogP contribution in [0.15, 0.2) is 28.3 Å². The zero-order valence-electron chi connectivity index (χ0n) is 10.8. The van der Waals surface area contributed by atoms with Crippen LogP contribution in [0, 0.1) is 0 Å². The highest BCUT2D eigenvalue weighted by Gasteiger charge is 2.27. The van der Waals surface area contributed by atoms with Crippen molar-refractivity contribution >= 4 is 27.3 Å². The summed E-state index contributed by atoms with van der Waals surface area (Å²) in [5.41, 5.74) is 0. The molecule has 0 aromatic carbocycles. The van der Waals surface area contributed by atoms with Gasteiger partial charge in [0.1, 0.15) is 5.82 Å². The van der Waals surface area contributed by atoms with Crippen LogP contribution in [0.4, 0.5) is 0 Å². The number of aromatic nitrogens is 2. The third-order valence-corrected chi connectivity index (χ3v) is 5.46. The quantitative estimate of drug-likeness (QED) is 0.931. The second kappa shape index (κ2) is 5.75. The molecule has 19 heavy (non-hydrogen) atoms. The molecule has 0 amide bonds. The molecule has 1 fully saturated rings. The molecular weight excluding hydrogens is 324 g/mol. The molecular formula is C13H17BrN4S. The van der Waals surface area contributed by atoms with E-state index in [0.717, 1.165) is 32.0 Å². The smallest absolute Gasteiger partial charge is 0.127 e. The van der Waals surface area contributed by atoms with Gasteiger partial charge in [-0.3, -0.25) is 4.90 Å². The van der Waals surface area contributed by atoms with Crippen LogP contribution < -0.4 is 5.32 Å². The molecule has 4 nitrogen and oxygen atoms in total. The number of hydrogen-bond donors (Lipinski definition) is 1. The fraction of sp³-hybridized carbons (Fsp3) is 0.462. The number of piperazine rings is 1. The highest BCUT2D eigenvalue weighted by atomic mass is 79.9. The van der Waals surface area contributed by atoms with Gasteiger partial charge in [-0.2, -0.15) is 0 Å². The lowest BCUT2D eigenvalue weighted by atomic mass is 10.1. The summed E-state index contributed by atoms with van der Waals surface area (Å²) in [6, 6.07) is 2.47. The number of aryl methyl sites for hydroxylation is 1. The van der Waals surface area contributed by atoms with Gasteiger partial charge in [-0.05, 0) is 27.4 Å². The van der Waals surface area contributed by atoms with Gasteiger partial charge < -0.3 is 9.88 Å². The highest BCUT2D eigenvalue weighted by Crippen LogP contribution is 2.28. The highest BCUT2D eigenvalue weighted by molar-refractivity contribution is 9.10. The van der Waals surface area contributed by atoms with E-state index in [1.165, 1.54) is 9.35 Å². The lowest BCUT2D eigenvalue weighted by Gasteiger charge is -2.35. The molecule has 0 saturated carbocycles. The van der Waals surface area contributed by atoms with E-state index >= 15 is 0 Å². The van der Waals surface area contributed by atoms with E-state index in [-0.39, 0.29) is 0 Å². The van der Waals surface area contributed by atoms with Crippen LogP contribution in [0.25, 0.3) is 0 Å². The fourth-order valence-corrected chi connectivity index (χ4v) is 4.01. The summed E-state index contributed by atoms with van der Waals surface area (Å²) in [5.74, 6) is 1.14. The number of thiophene rings is 1. The van der Waals surface area contributed by atoms with Crippen LogP contribution in [0.3, 0.4) is 0 Å². The number of nitrogens with zero attached hydrogens (tertiary/aromatic N) is 3. The van der Waals surface area contributed by atoms with Crippen molar-refractivity contribution in [3.63, 3.8) is 0 Å². The van der Waals surface area contributed by atoms with E-state index in [4.69, 9.17) is 0 Å². The van der Waals surface area contributed by atoms with Crippen molar-refractivity contribution in [2.45, 2.75) is 12.6 Å². The Hall–Kier alpha value is -0.690. The Morgan fingerprint density at radius 1 is 1.58 bits per heavy atom. The number of halogens is 1. The zero-order chi connectivity index (χ0) is 13.2. The summed E-state index contributed by atoms with van der Waals surface area (Å²) < 4.78 is 3.34. The van der Waals surface area contributed by atoms with Gasteiger partial charge in [-0.15, -0.1) is 11.3 Å². The molecule has 0 spiro atoms. The van der Waals surface area contributed by atoms with Gasteiger partial charge in [0.15, 0.2) is 0 Å². The Bertz CT molecular complexity index is 550. The van der Waals surface area contributed by atoms with Crippen LogP contribution in [0.1, 0.15) is 16.7 Å². The third kappa shape index (κ3) is 2.76. The van der Waals surface area contributed by atoms with E-state index in [0.29, 0.717) is 6.04 Å². The Labute approximate surface area is 125 Å². The second-order valence-electron chi connectivity index (χ2n) is 4.78. The fourth-order valence-electron chi connectivity index (χ4n) is 2.51. The predicted molar refractivity (Wildman–Crippen MR) is 81.2 cm³/mol. The van der Waals surface area contributed by atoms with Crippen LogP contribution >= 0.6 is 27.3 Å². The number of hydrogen-bond acceptors (Lipinski definition) is 4. The molecule has 1 N–H and O–H groups in total. The van der Waals surface area contributed by atoms with Crippen molar-refractivity contribution in [2.24, 2.45) is 7.05 Å². The van der Waals surface area contributed by atoms with Gasteiger partial charge >= 0.3 is 0 Å². The first kappa shape index (κ1) is 13.3. The first-order valence-electron chi connectivity index (χ1n) is 6.39. The van der Waals surface area contributed by atoms with Crippen LogP contribution in [0.2, 0.25) is 0 Å². The molecule has 1 saturated heterocycles. The molecule has 1 unspecified atom stereocenters. The maximum Gasteiger partial charge on any atom is 0.127 e. The largest absolute Gasteiger partial charge is 0.337 e. The van der Waals surface area contributed by atoms with Crippen LogP contribution in [-0.2, 0) is 13.6 Å². The minimum atomic E-state index is 0.350. The molecule has 6 heteroatoms. The Morgan fingerprint density at radius 3 is 3.16 bits per heavy atom. The van der Waals surface area contributed by atoms with E-state index < -0.39 is 0 Å². The average molecular weight is 341 g/mol. The molecule has 2 aromatic heterocycles. The van der Waals surface area contributed by atoms with Crippen molar-refractivity contribution in [1.82, 2.24) is 19.8 Å². The third-order valence-electron chi connectivity index (χ3n) is 3.55. The van der Waals surface area contributed by atoms with E-state index in [1.807, 2.05) is 23.7 Å². The summed E-state index contributed by atoms with van der Waals surface area (Å²) in [7, 11) is 2.07. The molecule has 3 heterocycles. The van der Waals surface area contributed by atoms with Crippen LogP contribution in [0.5, 0.6) is 0 Å². The minimum Gasteiger partial charge on any atom is -0.337 e. The van der Waals surface area contributed by atoms with E-state index in [1.54, 1.807) is 0 Å². The predicted octanol–water partition coefficient (Wildman–Crippen LogP) is 2.39. The maximum absolute atomic E-state index is 4.51. The average Bonchev–Trinajstić information content (AvgIpc) is 3.00. The molecule has 1 atom stereocenters. The van der Waals surface area contributed by atoms with E-state index in [2.05, 4.69) is 54.2 Å². The second-order valence-corrected chi connectivity index (χ2v) is 6.63. The monoisotopic (exact) mass is 340 g/mol. The molecule has 0 aliphatic carbocycles. The van der Waals surface area contributed by atoms with Crippen molar-refractivity contribution < 1.29 is 0 Å². The van der Waals surface area contributed by atoms with Crippen molar-refractivity contribution in [2.75, 3.05) is 19.6 Å². The summed E-state index contributed by atoms with van der Waals surface area (Å²) in [5, 5.41) is 5.61. The summed E-state index contributed by atoms with van der Waals surface area (Å²) in [6.07, 6.45) is 3.90. The maximum atomic E-state index is 4.51. The molecule has 1 aliphatic heterocycles. The van der Waals surface area contributed by atoms with Gasteiger partial charge in [0.05, 0.1) is 6.04 Å². The van der Waals surface area contributed by atoms with Crippen LogP contribution in [-0.4, -0.2) is 34.1 Å². The minimum absolute atomic E-state index is 0.350. The number of rotatable bonds is 3. The molecule has 3 rings (SSSR count). The van der Waals surface area contributed by atoms with Crippen molar-refractivity contribution in [3.8, 4) is 0 Å². The summed E-state index contributed by atoms with van der Waals surface area (Å²) in [4.78, 5) is 8.41. The van der Waals surface area contributed by atoms with E-state index in [9.17, 15) is 0 Å². The van der Waals surface area contributed by atoms with Gasteiger partial charge in [0.2, 0.25) is 0 Å². The van der Waals surface area contributed by atoms with Gasteiger partial charge in [-0.1, -0.05) is 0 Å². The normalized spacial score (nSPS) is 20.8. The molecule has 1 aliphatic rings. The Kier molecular flexibility index (Phi) is 4.02. The topological polar surface area (TPSA) is 33.1 Å². The molecule has 0 bridgehead atoms. The zero-order valence-corrected chi connectivity index (χ0v) is 13.2. The van der Waals surface area contributed by atoms with Gasteiger partial charge in [0, 0.05) is 55.0 Å². The Morgan fingerprint density at radius 2 is 2.47 bits per heavy atom. The first-order valence-corrected chi connectivity index (χ1v) is 8.07. The Balaban J connectivity index is 1.82. The molecule has 0 radical (unpaired) electrons. The number of nitrogens with one attached hydrogen (secondary N) is 1. The van der Waals surface area contributed by atoms with Gasteiger partial charge in [-0.25, -0.2) is 4.98 Å². The molecule has 2 aromatic rings. The molecule has 102 valence electrons. The summed E-state index contributed by atoms with van der Waals surface area (Å²) in [6.45, 7) is 4.05. The summed E-state index contributed by atoms with van der Waals surface area (Å²) >= 11 is 5.43. The first-order chi connectivity index (χ1) is 9.25. The van der Waals surface area contributed by atoms with Crippen molar-refractivity contribution in [3.05, 3.63) is 39.0 Å². The van der Waals surface area contributed by atoms with Gasteiger partial charge in [0.25, 0.3) is 0 Å². The standard InChI is InChI=1S/C13H17BrN4S/c1-17-5-4-16-13(17)11-8-15-3-6-18(11)9-12-10(14)2-7-19-12/h2,4-5,7,11,15H,3,6,8-9H2,1H3. The SMILES string of the molecule is Cn1ccnc1C1CNCCN1Cc1sccc1Br. The number of imidazole rings is 1. The lowest BCUT2D eigenvalue weighted by molar-refractivity contribution is 0.146.